The second-order valence-corrected chi connectivity index (χ2v) is 9.72. The monoisotopic (exact) mass is 525 g/mol. The van der Waals surface area contributed by atoms with E-state index in [2.05, 4.69) is 4.98 Å². The van der Waals surface area contributed by atoms with E-state index in [9.17, 15) is 19.2 Å². The van der Waals surface area contributed by atoms with Gasteiger partial charge in [-0.05, 0) is 53.6 Å². The number of amides is 1. The maximum absolute atomic E-state index is 13.7. The van der Waals surface area contributed by atoms with E-state index in [1.807, 2.05) is 12.1 Å². The molecule has 0 saturated heterocycles. The zero-order valence-corrected chi connectivity index (χ0v) is 21.4. The number of halogens is 1. The predicted molar refractivity (Wildman–Crippen MR) is 143 cm³/mol. The molecule has 0 spiro atoms. The highest BCUT2D eigenvalue weighted by Gasteiger charge is 2.35. The van der Waals surface area contributed by atoms with E-state index in [0.717, 1.165) is 5.56 Å². The van der Waals surface area contributed by atoms with Crippen molar-refractivity contribution in [2.45, 2.75) is 25.4 Å². The molecule has 2 aromatic carbocycles. The van der Waals surface area contributed by atoms with Crippen LogP contribution in [0.5, 0.6) is 0 Å². The van der Waals surface area contributed by atoms with Crippen LogP contribution >= 0.6 is 11.6 Å². The number of rotatable bonds is 6. The zero-order valence-electron chi connectivity index (χ0n) is 20.6. The number of carbonyl (C=O) groups excluding carboxylic acids is 3. The van der Waals surface area contributed by atoms with E-state index in [0.29, 0.717) is 27.4 Å². The van der Waals surface area contributed by atoms with E-state index in [1.165, 1.54) is 10.6 Å². The minimum absolute atomic E-state index is 0.0849. The second kappa shape index (κ2) is 10.6. The van der Waals surface area contributed by atoms with Gasteiger partial charge in [-0.1, -0.05) is 41.9 Å². The van der Waals surface area contributed by atoms with Crippen LogP contribution in [0.15, 0.2) is 90.0 Å². The van der Waals surface area contributed by atoms with Crippen LogP contribution in [0.1, 0.15) is 43.1 Å². The molecule has 0 radical (unpaired) electrons. The standard InChI is InChI=1S/C30H24ClN3O4/c1-33-14-4-6-25(29(33)37)28(36)20-9-7-19(8-10-20)18-34-26(17-23-5-2-3-13-32-23)27(35)16-21-15-22(31)11-12-24(21)30(34)38/h2-15,26H,16-18H2,1H3/t26-/m1/s1. The van der Waals surface area contributed by atoms with Crippen molar-refractivity contribution in [2.75, 3.05) is 0 Å². The van der Waals surface area contributed by atoms with Crippen LogP contribution in [0, 0.1) is 0 Å². The number of ketones is 2. The van der Waals surface area contributed by atoms with Crippen LogP contribution in [0.2, 0.25) is 5.02 Å². The van der Waals surface area contributed by atoms with E-state index >= 15 is 0 Å². The van der Waals surface area contributed by atoms with Gasteiger partial charge in [-0.3, -0.25) is 24.2 Å². The zero-order chi connectivity index (χ0) is 26.8. The molecule has 38 heavy (non-hydrogen) atoms. The van der Waals surface area contributed by atoms with Crippen LogP contribution < -0.4 is 5.56 Å². The van der Waals surface area contributed by atoms with Crippen molar-refractivity contribution < 1.29 is 14.4 Å². The Morgan fingerprint density at radius 2 is 1.79 bits per heavy atom. The molecule has 7 nitrogen and oxygen atoms in total. The Labute approximate surface area is 224 Å². The quantitative estimate of drug-likeness (QED) is 0.354. The first-order valence-electron chi connectivity index (χ1n) is 12.1. The molecule has 3 heterocycles. The van der Waals surface area contributed by atoms with Gasteiger partial charge in [-0.25, -0.2) is 0 Å². The molecule has 0 N–H and O–H groups in total. The third-order valence-electron chi connectivity index (χ3n) is 6.74. The van der Waals surface area contributed by atoms with E-state index < -0.39 is 6.04 Å². The van der Waals surface area contributed by atoms with Gasteiger partial charge in [-0.15, -0.1) is 0 Å². The normalized spacial score (nSPS) is 15.2. The lowest BCUT2D eigenvalue weighted by Crippen LogP contribution is -2.44. The smallest absolute Gasteiger partial charge is 0.261 e. The van der Waals surface area contributed by atoms with E-state index in [4.69, 9.17) is 11.6 Å². The number of aryl methyl sites for hydroxylation is 1. The lowest BCUT2D eigenvalue weighted by molar-refractivity contribution is -0.122. The number of benzene rings is 2. The minimum Gasteiger partial charge on any atom is -0.324 e. The number of aromatic nitrogens is 2. The number of fused-ring (bicyclic) bond motifs is 1. The molecular weight excluding hydrogens is 502 g/mol. The highest BCUT2D eigenvalue weighted by atomic mass is 35.5. The van der Waals surface area contributed by atoms with Crippen molar-refractivity contribution >= 4 is 29.1 Å². The number of hydrogen-bond donors (Lipinski definition) is 0. The first-order chi connectivity index (χ1) is 18.3. The lowest BCUT2D eigenvalue weighted by atomic mass is 9.99. The van der Waals surface area contributed by atoms with Gasteiger partial charge >= 0.3 is 0 Å². The molecule has 0 saturated carbocycles. The lowest BCUT2D eigenvalue weighted by Gasteiger charge is -2.29. The van der Waals surface area contributed by atoms with Crippen LogP contribution in [-0.2, 0) is 31.2 Å². The van der Waals surface area contributed by atoms with Crippen LogP contribution in [0.3, 0.4) is 0 Å². The number of nitrogens with zero attached hydrogens (tertiary/aromatic N) is 3. The molecule has 0 fully saturated rings. The third-order valence-corrected chi connectivity index (χ3v) is 6.97. The fraction of sp³-hybridized carbons (Fsp3) is 0.167. The fourth-order valence-electron chi connectivity index (χ4n) is 4.70. The SMILES string of the molecule is Cn1cccc(C(=O)c2ccc(CN3C(=O)c4ccc(Cl)cc4CC(=O)[C@H]3Cc3ccccn3)cc2)c1=O. The van der Waals surface area contributed by atoms with Gasteiger partial charge in [0, 0.05) is 60.7 Å². The number of Topliss-reactive ketones (excluding diaryl/α,β-unsaturated/α-hetero) is 1. The van der Waals surface area contributed by atoms with Crippen molar-refractivity contribution in [3.05, 3.63) is 134 Å². The highest BCUT2D eigenvalue weighted by Crippen LogP contribution is 2.27. The molecular formula is C30H24ClN3O4. The summed E-state index contributed by atoms with van der Waals surface area (Å²) in [6, 6.07) is 19.6. The maximum Gasteiger partial charge on any atom is 0.261 e. The van der Waals surface area contributed by atoms with Crippen LogP contribution in [0.25, 0.3) is 0 Å². The summed E-state index contributed by atoms with van der Waals surface area (Å²) < 4.78 is 1.36. The Kier molecular flexibility index (Phi) is 7.03. The molecule has 190 valence electrons. The van der Waals surface area contributed by atoms with Crippen molar-refractivity contribution in [2.24, 2.45) is 7.05 Å². The Morgan fingerprint density at radius 1 is 1.00 bits per heavy atom. The summed E-state index contributed by atoms with van der Waals surface area (Å²) in [5, 5.41) is 0.465. The van der Waals surface area contributed by atoms with Gasteiger partial charge in [0.15, 0.2) is 11.6 Å². The van der Waals surface area contributed by atoms with Crippen molar-refractivity contribution in [1.82, 2.24) is 14.5 Å². The van der Waals surface area contributed by atoms with E-state index in [1.54, 1.807) is 78.9 Å². The molecule has 0 unspecified atom stereocenters. The van der Waals surface area contributed by atoms with Crippen molar-refractivity contribution in [3.63, 3.8) is 0 Å². The fourth-order valence-corrected chi connectivity index (χ4v) is 4.89. The largest absolute Gasteiger partial charge is 0.324 e. The average molecular weight is 526 g/mol. The summed E-state index contributed by atoms with van der Waals surface area (Å²) >= 11 is 6.17. The number of pyridine rings is 2. The van der Waals surface area contributed by atoms with Crippen molar-refractivity contribution in [1.29, 1.82) is 0 Å². The third kappa shape index (κ3) is 5.06. The minimum atomic E-state index is -0.725. The van der Waals surface area contributed by atoms with Gasteiger partial charge in [0.05, 0.1) is 11.6 Å². The molecule has 0 aliphatic carbocycles. The van der Waals surface area contributed by atoms with Gasteiger partial charge < -0.3 is 9.47 Å². The maximum atomic E-state index is 13.7. The Morgan fingerprint density at radius 3 is 2.53 bits per heavy atom. The summed E-state index contributed by atoms with van der Waals surface area (Å²) in [6.07, 6.45) is 3.62. The first-order valence-corrected chi connectivity index (χ1v) is 12.5. The van der Waals surface area contributed by atoms with Gasteiger partial charge in [-0.2, -0.15) is 0 Å². The molecule has 1 aliphatic heterocycles. The van der Waals surface area contributed by atoms with Crippen molar-refractivity contribution in [3.8, 4) is 0 Å². The molecule has 5 rings (SSSR count). The summed E-state index contributed by atoms with van der Waals surface area (Å²) in [7, 11) is 1.59. The average Bonchev–Trinajstić information content (AvgIpc) is 3.00. The highest BCUT2D eigenvalue weighted by molar-refractivity contribution is 6.30. The topological polar surface area (TPSA) is 89.3 Å². The van der Waals surface area contributed by atoms with Gasteiger partial charge in [0.1, 0.15) is 0 Å². The molecule has 1 aliphatic rings. The Bertz CT molecular complexity index is 1600. The van der Waals surface area contributed by atoms with Gasteiger partial charge in [0.2, 0.25) is 0 Å². The van der Waals surface area contributed by atoms with E-state index in [-0.39, 0.29) is 48.0 Å². The molecule has 4 aromatic rings. The summed E-state index contributed by atoms with van der Waals surface area (Å²) in [4.78, 5) is 58.5. The number of carbonyl (C=O) groups is 3. The molecule has 8 heteroatoms. The number of hydrogen-bond acceptors (Lipinski definition) is 5. The molecule has 2 aromatic heterocycles. The first kappa shape index (κ1) is 25.3. The Balaban J connectivity index is 1.47. The molecule has 0 bridgehead atoms. The molecule has 1 atom stereocenters. The summed E-state index contributed by atoms with van der Waals surface area (Å²) in [5.74, 6) is -0.745. The summed E-state index contributed by atoms with van der Waals surface area (Å²) in [5.41, 5.74) is 2.57. The second-order valence-electron chi connectivity index (χ2n) is 9.28. The summed E-state index contributed by atoms with van der Waals surface area (Å²) in [6.45, 7) is 0.158. The van der Waals surface area contributed by atoms with Crippen LogP contribution in [0.4, 0.5) is 0 Å². The van der Waals surface area contributed by atoms with Crippen LogP contribution in [-0.4, -0.2) is 38.0 Å². The predicted octanol–water partition coefficient (Wildman–Crippen LogP) is 4.04. The Hall–Kier alpha value is -4.36. The molecule has 1 amide bonds. The van der Waals surface area contributed by atoms with Gasteiger partial charge in [0.25, 0.3) is 11.5 Å².